The summed E-state index contributed by atoms with van der Waals surface area (Å²) in [7, 11) is 0. The van der Waals surface area contributed by atoms with Gasteiger partial charge in [-0.15, -0.1) is 11.3 Å². The number of anilines is 2. The van der Waals surface area contributed by atoms with Crippen LogP contribution < -0.4 is 11.1 Å². The quantitative estimate of drug-likeness (QED) is 0.683. The Bertz CT molecular complexity index is 808. The van der Waals surface area contributed by atoms with E-state index in [0.717, 1.165) is 15.8 Å². The first-order valence-corrected chi connectivity index (χ1v) is 6.94. The van der Waals surface area contributed by atoms with Crippen molar-refractivity contribution in [1.82, 2.24) is 10.2 Å². The van der Waals surface area contributed by atoms with E-state index in [1.807, 2.05) is 5.38 Å². The lowest BCUT2D eigenvalue weighted by Crippen LogP contribution is -1.97. The molecule has 7 heteroatoms. The van der Waals surface area contributed by atoms with Crippen molar-refractivity contribution in [3.8, 4) is 0 Å². The molecule has 0 saturated heterocycles. The van der Waals surface area contributed by atoms with Gasteiger partial charge in [-0.3, -0.25) is 5.10 Å². The van der Waals surface area contributed by atoms with Crippen LogP contribution in [0.1, 0.15) is 5.56 Å². The summed E-state index contributed by atoms with van der Waals surface area (Å²) in [5.41, 5.74) is 8.60. The maximum atomic E-state index is 13.4. The number of nitrogens with one attached hydrogen (secondary N) is 2. The molecule has 4 nitrogen and oxygen atoms in total. The first-order chi connectivity index (χ1) is 9.56. The summed E-state index contributed by atoms with van der Waals surface area (Å²) in [6.45, 7) is 3.96. The molecule has 0 aliphatic rings. The second kappa shape index (κ2) is 4.81. The highest BCUT2D eigenvalue weighted by Crippen LogP contribution is 2.32. The van der Waals surface area contributed by atoms with Gasteiger partial charge in [0.15, 0.2) is 5.82 Å². The van der Waals surface area contributed by atoms with Crippen molar-refractivity contribution < 1.29 is 4.39 Å². The second-order valence-corrected chi connectivity index (χ2v) is 5.48. The molecule has 0 aliphatic heterocycles. The molecule has 2 heterocycles. The van der Waals surface area contributed by atoms with Gasteiger partial charge in [0.1, 0.15) is 5.82 Å². The minimum Gasteiger partial charge on any atom is -0.381 e. The van der Waals surface area contributed by atoms with Crippen LogP contribution in [0.15, 0.2) is 30.2 Å². The lowest BCUT2D eigenvalue weighted by Gasteiger charge is -2.08. The van der Waals surface area contributed by atoms with E-state index >= 15 is 0 Å². The standard InChI is InChI=1S/C13H10ClFN4S/c1-6(17-7-2-3-9(14)10(15)4-7)8-5-20-12-11(8)18-19-13(12)16/h2-5,17H,1H2,(H3,16,18,19). The van der Waals surface area contributed by atoms with Crippen LogP contribution in [-0.2, 0) is 0 Å². The Balaban J connectivity index is 1.90. The Morgan fingerprint density at radius 1 is 1.50 bits per heavy atom. The number of nitrogens with two attached hydrogens (primary N) is 1. The second-order valence-electron chi connectivity index (χ2n) is 4.19. The molecule has 0 spiro atoms. The zero-order chi connectivity index (χ0) is 14.3. The lowest BCUT2D eigenvalue weighted by atomic mass is 10.2. The van der Waals surface area contributed by atoms with Crippen LogP contribution >= 0.6 is 22.9 Å². The van der Waals surface area contributed by atoms with Crippen LogP contribution in [0.5, 0.6) is 0 Å². The van der Waals surface area contributed by atoms with Gasteiger partial charge in [0, 0.05) is 22.3 Å². The fourth-order valence-electron chi connectivity index (χ4n) is 1.86. The van der Waals surface area contributed by atoms with Gasteiger partial charge in [0.05, 0.1) is 15.2 Å². The number of fused-ring (bicyclic) bond motifs is 1. The molecule has 4 N–H and O–H groups in total. The number of aromatic nitrogens is 2. The number of hydrogen-bond donors (Lipinski definition) is 3. The number of benzene rings is 1. The molecule has 3 aromatic rings. The van der Waals surface area contributed by atoms with E-state index in [-0.39, 0.29) is 5.02 Å². The third kappa shape index (κ3) is 2.13. The molecular weight excluding hydrogens is 299 g/mol. The van der Waals surface area contributed by atoms with Gasteiger partial charge < -0.3 is 11.1 Å². The van der Waals surface area contributed by atoms with E-state index in [9.17, 15) is 4.39 Å². The zero-order valence-corrected chi connectivity index (χ0v) is 11.8. The maximum Gasteiger partial charge on any atom is 0.163 e. The predicted molar refractivity (Wildman–Crippen MR) is 82.4 cm³/mol. The molecule has 1 aromatic carbocycles. The molecule has 0 radical (unpaired) electrons. The number of rotatable bonds is 3. The fraction of sp³-hybridized carbons (Fsp3) is 0. The molecule has 102 valence electrons. The van der Waals surface area contributed by atoms with Crippen molar-refractivity contribution in [1.29, 1.82) is 0 Å². The smallest absolute Gasteiger partial charge is 0.163 e. The monoisotopic (exact) mass is 308 g/mol. The molecule has 0 bridgehead atoms. The van der Waals surface area contributed by atoms with Gasteiger partial charge in [0.25, 0.3) is 0 Å². The molecule has 0 fully saturated rings. The number of thiophene rings is 1. The SMILES string of the molecule is C=C(Nc1ccc(Cl)c(F)c1)c1csc2c(N)n[nH]c12. The molecule has 0 atom stereocenters. The predicted octanol–water partition coefficient (Wildman–Crippen LogP) is 4.08. The molecule has 0 saturated carbocycles. The van der Waals surface area contributed by atoms with E-state index < -0.39 is 5.82 Å². The van der Waals surface area contributed by atoms with Crippen molar-refractivity contribution in [2.75, 3.05) is 11.1 Å². The molecule has 2 aromatic heterocycles. The van der Waals surface area contributed by atoms with Crippen LogP contribution in [0.2, 0.25) is 5.02 Å². The minimum absolute atomic E-state index is 0.0837. The van der Waals surface area contributed by atoms with E-state index in [0.29, 0.717) is 17.2 Å². The summed E-state index contributed by atoms with van der Waals surface area (Å²) in [4.78, 5) is 0. The highest BCUT2D eigenvalue weighted by atomic mass is 35.5. The molecule has 0 amide bonds. The first-order valence-electron chi connectivity index (χ1n) is 5.68. The van der Waals surface area contributed by atoms with Gasteiger partial charge in [-0.05, 0) is 18.2 Å². The largest absolute Gasteiger partial charge is 0.381 e. The van der Waals surface area contributed by atoms with Crippen LogP contribution in [-0.4, -0.2) is 10.2 Å². The van der Waals surface area contributed by atoms with Crippen LogP contribution in [0.4, 0.5) is 15.9 Å². The number of halogens is 2. The number of nitrogens with zero attached hydrogens (tertiary/aromatic N) is 1. The fourth-order valence-corrected chi connectivity index (χ4v) is 2.92. The van der Waals surface area contributed by atoms with Gasteiger partial charge in [-0.2, -0.15) is 5.10 Å². The molecule has 0 aliphatic carbocycles. The Morgan fingerprint density at radius 2 is 2.30 bits per heavy atom. The molecule has 3 rings (SSSR count). The minimum atomic E-state index is -0.481. The third-order valence-electron chi connectivity index (χ3n) is 2.85. The van der Waals surface area contributed by atoms with E-state index in [1.54, 1.807) is 6.07 Å². The third-order valence-corrected chi connectivity index (χ3v) is 4.16. The first kappa shape index (κ1) is 13.0. The summed E-state index contributed by atoms with van der Waals surface area (Å²) in [6.07, 6.45) is 0. The number of aromatic amines is 1. The lowest BCUT2D eigenvalue weighted by molar-refractivity contribution is 0.629. The van der Waals surface area contributed by atoms with Crippen molar-refractivity contribution in [2.45, 2.75) is 0 Å². The highest BCUT2D eigenvalue weighted by Gasteiger charge is 2.12. The summed E-state index contributed by atoms with van der Waals surface area (Å²) in [5, 5.41) is 11.9. The van der Waals surface area contributed by atoms with Crippen LogP contribution in [0, 0.1) is 5.82 Å². The average molecular weight is 309 g/mol. The Kier molecular flexibility index (Phi) is 3.11. The highest BCUT2D eigenvalue weighted by molar-refractivity contribution is 7.18. The summed E-state index contributed by atoms with van der Waals surface area (Å²) >= 11 is 7.12. The van der Waals surface area contributed by atoms with Gasteiger partial charge >= 0.3 is 0 Å². The van der Waals surface area contributed by atoms with Gasteiger partial charge in [-0.1, -0.05) is 18.2 Å². The molecular formula is C13H10ClFN4S. The van der Waals surface area contributed by atoms with Crippen molar-refractivity contribution in [3.63, 3.8) is 0 Å². The van der Waals surface area contributed by atoms with Crippen molar-refractivity contribution in [2.24, 2.45) is 0 Å². The molecule has 0 unspecified atom stereocenters. The van der Waals surface area contributed by atoms with Crippen molar-refractivity contribution >= 4 is 50.4 Å². The van der Waals surface area contributed by atoms with Crippen LogP contribution in [0.25, 0.3) is 15.9 Å². The average Bonchev–Trinajstić information content (AvgIpc) is 2.97. The Morgan fingerprint density at radius 3 is 3.05 bits per heavy atom. The summed E-state index contributed by atoms with van der Waals surface area (Å²) in [6, 6.07) is 4.49. The van der Waals surface area contributed by atoms with Crippen molar-refractivity contribution in [3.05, 3.63) is 46.6 Å². The summed E-state index contributed by atoms with van der Waals surface area (Å²) in [5.74, 6) is -0.0210. The summed E-state index contributed by atoms with van der Waals surface area (Å²) < 4.78 is 14.3. The number of nitrogen functional groups attached to an aromatic ring is 1. The van der Waals surface area contributed by atoms with E-state index in [4.69, 9.17) is 17.3 Å². The zero-order valence-electron chi connectivity index (χ0n) is 10.2. The van der Waals surface area contributed by atoms with Gasteiger partial charge in [-0.25, -0.2) is 4.39 Å². The van der Waals surface area contributed by atoms with E-state index in [1.165, 1.54) is 23.5 Å². The Hall–Kier alpha value is -2.05. The van der Waals surface area contributed by atoms with E-state index in [2.05, 4.69) is 22.1 Å². The number of H-pyrrole nitrogens is 1. The Labute approximate surface area is 123 Å². The number of hydrogen-bond acceptors (Lipinski definition) is 4. The van der Waals surface area contributed by atoms with Gasteiger partial charge in [0.2, 0.25) is 0 Å². The normalized spacial score (nSPS) is 10.9. The van der Waals surface area contributed by atoms with Crippen LogP contribution in [0.3, 0.4) is 0 Å². The molecule has 20 heavy (non-hydrogen) atoms. The maximum absolute atomic E-state index is 13.4. The topological polar surface area (TPSA) is 66.7 Å².